The molecular weight excluding hydrogens is 224 g/mol. The molecular formula is C11H16N2O4. The molecule has 0 aromatic carbocycles. The highest BCUT2D eigenvalue weighted by Gasteiger charge is 2.23. The third-order valence-electron chi connectivity index (χ3n) is 2.27. The lowest BCUT2D eigenvalue weighted by molar-refractivity contribution is -0.143. The minimum Gasteiger partial charge on any atom is -0.480 e. The van der Waals surface area contributed by atoms with Crippen molar-refractivity contribution in [3.8, 4) is 0 Å². The summed E-state index contributed by atoms with van der Waals surface area (Å²) < 4.78 is 4.82. The molecule has 1 atom stereocenters. The van der Waals surface area contributed by atoms with Crippen molar-refractivity contribution in [2.24, 2.45) is 5.92 Å². The van der Waals surface area contributed by atoms with Crippen molar-refractivity contribution in [2.75, 3.05) is 0 Å². The lowest BCUT2D eigenvalue weighted by Gasteiger charge is -2.17. The molecule has 0 saturated heterocycles. The van der Waals surface area contributed by atoms with Gasteiger partial charge in [-0.15, -0.1) is 0 Å². The molecule has 0 aliphatic carbocycles. The smallest absolute Gasteiger partial charge is 0.326 e. The van der Waals surface area contributed by atoms with Gasteiger partial charge in [0.25, 0.3) is 0 Å². The second-order valence-electron chi connectivity index (χ2n) is 4.23. The molecule has 94 valence electrons. The van der Waals surface area contributed by atoms with E-state index in [4.69, 9.17) is 9.63 Å². The van der Waals surface area contributed by atoms with Crippen LogP contribution < -0.4 is 5.32 Å². The van der Waals surface area contributed by atoms with E-state index in [2.05, 4.69) is 10.5 Å². The van der Waals surface area contributed by atoms with E-state index in [1.165, 1.54) is 0 Å². The third kappa shape index (κ3) is 3.90. The molecule has 1 heterocycles. The Balaban J connectivity index is 2.56. The van der Waals surface area contributed by atoms with Crippen molar-refractivity contribution in [2.45, 2.75) is 33.2 Å². The van der Waals surface area contributed by atoms with Crippen molar-refractivity contribution in [1.29, 1.82) is 0 Å². The van der Waals surface area contributed by atoms with Gasteiger partial charge in [0.05, 0.1) is 12.1 Å². The van der Waals surface area contributed by atoms with E-state index >= 15 is 0 Å². The van der Waals surface area contributed by atoms with Crippen molar-refractivity contribution < 1.29 is 19.2 Å². The van der Waals surface area contributed by atoms with Crippen molar-refractivity contribution in [3.63, 3.8) is 0 Å². The van der Waals surface area contributed by atoms with E-state index in [9.17, 15) is 9.59 Å². The van der Waals surface area contributed by atoms with Crippen LogP contribution in [0.1, 0.15) is 25.3 Å². The van der Waals surface area contributed by atoms with Crippen LogP contribution in [0.2, 0.25) is 0 Å². The van der Waals surface area contributed by atoms with Crippen LogP contribution in [0.4, 0.5) is 0 Å². The van der Waals surface area contributed by atoms with E-state index < -0.39 is 12.0 Å². The number of amides is 1. The second kappa shape index (κ2) is 5.47. The number of hydrogen-bond acceptors (Lipinski definition) is 4. The summed E-state index contributed by atoms with van der Waals surface area (Å²) in [6.07, 6.45) is 0.0217. The first-order valence-corrected chi connectivity index (χ1v) is 5.34. The van der Waals surface area contributed by atoms with Gasteiger partial charge in [-0.3, -0.25) is 4.79 Å². The minimum absolute atomic E-state index is 0.0217. The summed E-state index contributed by atoms with van der Waals surface area (Å²) in [5.41, 5.74) is 0.493. The Morgan fingerprint density at radius 1 is 1.53 bits per heavy atom. The highest BCUT2D eigenvalue weighted by Crippen LogP contribution is 2.05. The number of carbonyl (C=O) groups is 2. The molecule has 2 N–H and O–H groups in total. The van der Waals surface area contributed by atoms with E-state index in [1.807, 2.05) is 0 Å². The van der Waals surface area contributed by atoms with Gasteiger partial charge in [-0.25, -0.2) is 4.79 Å². The first kappa shape index (κ1) is 13.2. The monoisotopic (exact) mass is 240 g/mol. The topological polar surface area (TPSA) is 92.4 Å². The van der Waals surface area contributed by atoms with Crippen LogP contribution in [0.15, 0.2) is 10.6 Å². The minimum atomic E-state index is -1.04. The third-order valence-corrected chi connectivity index (χ3v) is 2.27. The first-order chi connectivity index (χ1) is 7.90. The highest BCUT2D eigenvalue weighted by atomic mass is 16.5. The summed E-state index contributed by atoms with van der Waals surface area (Å²) in [6, 6.07) is 0.764. The number of hydrogen-bond donors (Lipinski definition) is 2. The largest absolute Gasteiger partial charge is 0.480 e. The van der Waals surface area contributed by atoms with Gasteiger partial charge >= 0.3 is 5.97 Å². The average molecular weight is 240 g/mol. The van der Waals surface area contributed by atoms with Gasteiger partial charge in [-0.2, -0.15) is 0 Å². The maximum absolute atomic E-state index is 11.6. The number of nitrogens with zero attached hydrogens (tertiary/aromatic N) is 1. The predicted octanol–water partition coefficient (Wildman–Crippen LogP) is 0.751. The Hall–Kier alpha value is -1.85. The number of carboxylic acids is 1. The standard InChI is InChI=1S/C11H16N2O4/c1-6(2)10(11(15)16)12-9(14)5-8-4-7(3)17-13-8/h4,6,10H,5H2,1-3H3,(H,12,14)(H,15,16). The van der Waals surface area contributed by atoms with Crippen molar-refractivity contribution in [3.05, 3.63) is 17.5 Å². The van der Waals surface area contributed by atoms with Gasteiger partial charge in [-0.1, -0.05) is 19.0 Å². The number of aromatic nitrogens is 1. The predicted molar refractivity (Wildman–Crippen MR) is 59.3 cm³/mol. The lowest BCUT2D eigenvalue weighted by atomic mass is 10.0. The fourth-order valence-electron chi connectivity index (χ4n) is 1.40. The van der Waals surface area contributed by atoms with Gasteiger partial charge < -0.3 is 14.9 Å². The molecule has 17 heavy (non-hydrogen) atoms. The normalized spacial score (nSPS) is 12.5. The zero-order valence-electron chi connectivity index (χ0n) is 10.1. The molecule has 0 saturated carbocycles. The molecule has 1 rings (SSSR count). The Labute approximate surface area is 99.0 Å². The van der Waals surface area contributed by atoms with Crippen LogP contribution in [-0.2, 0) is 16.0 Å². The molecule has 1 aromatic heterocycles. The fourth-order valence-corrected chi connectivity index (χ4v) is 1.40. The van der Waals surface area contributed by atoms with Crippen LogP contribution in [-0.4, -0.2) is 28.2 Å². The van der Waals surface area contributed by atoms with E-state index in [0.29, 0.717) is 11.5 Å². The SMILES string of the molecule is Cc1cc(CC(=O)NC(C(=O)O)C(C)C)no1. The van der Waals surface area contributed by atoms with Crippen LogP contribution in [0, 0.1) is 12.8 Å². The summed E-state index contributed by atoms with van der Waals surface area (Å²) in [7, 11) is 0. The van der Waals surface area contributed by atoms with E-state index in [0.717, 1.165) is 0 Å². The molecule has 0 radical (unpaired) electrons. The van der Waals surface area contributed by atoms with Gasteiger partial charge in [-0.05, 0) is 12.8 Å². The number of aliphatic carboxylic acids is 1. The summed E-state index contributed by atoms with van der Waals surface area (Å²) in [6.45, 7) is 5.20. The van der Waals surface area contributed by atoms with Gasteiger partial charge in [0.2, 0.25) is 5.91 Å². The molecule has 0 aliphatic heterocycles. The number of carboxylic acid groups (broad SMARTS) is 1. The summed E-state index contributed by atoms with van der Waals surface area (Å²) in [5.74, 6) is -0.967. The fraction of sp³-hybridized carbons (Fsp3) is 0.545. The van der Waals surface area contributed by atoms with Gasteiger partial charge in [0.1, 0.15) is 11.8 Å². The lowest BCUT2D eigenvalue weighted by Crippen LogP contribution is -2.44. The van der Waals surface area contributed by atoms with Crippen LogP contribution in [0.3, 0.4) is 0 Å². The molecule has 6 nitrogen and oxygen atoms in total. The quantitative estimate of drug-likeness (QED) is 0.792. The molecule has 0 bridgehead atoms. The summed E-state index contributed by atoms with van der Waals surface area (Å²) in [4.78, 5) is 22.5. The molecule has 1 unspecified atom stereocenters. The highest BCUT2D eigenvalue weighted by molar-refractivity contribution is 5.84. The Bertz CT molecular complexity index is 411. The maximum atomic E-state index is 11.6. The van der Waals surface area contributed by atoms with Gasteiger partial charge in [0, 0.05) is 6.07 Å². The number of rotatable bonds is 5. The summed E-state index contributed by atoms with van der Waals surface area (Å²) in [5, 5.41) is 15.0. The Kier molecular flexibility index (Phi) is 4.25. The molecule has 0 spiro atoms. The molecule has 1 aromatic rings. The van der Waals surface area contributed by atoms with Crippen molar-refractivity contribution >= 4 is 11.9 Å². The molecule has 0 aliphatic rings. The second-order valence-corrected chi connectivity index (χ2v) is 4.23. The summed E-state index contributed by atoms with van der Waals surface area (Å²) >= 11 is 0. The van der Waals surface area contributed by atoms with Crippen LogP contribution >= 0.6 is 0 Å². The molecule has 1 amide bonds. The first-order valence-electron chi connectivity index (χ1n) is 5.34. The zero-order valence-corrected chi connectivity index (χ0v) is 10.1. The maximum Gasteiger partial charge on any atom is 0.326 e. The number of carbonyl (C=O) groups excluding carboxylic acids is 1. The van der Waals surface area contributed by atoms with E-state index in [1.54, 1.807) is 26.8 Å². The average Bonchev–Trinajstić information content (AvgIpc) is 2.59. The van der Waals surface area contributed by atoms with E-state index in [-0.39, 0.29) is 18.2 Å². The van der Waals surface area contributed by atoms with Crippen LogP contribution in [0.25, 0.3) is 0 Å². The Morgan fingerprint density at radius 2 is 2.18 bits per heavy atom. The molecule has 6 heteroatoms. The van der Waals surface area contributed by atoms with Crippen LogP contribution in [0.5, 0.6) is 0 Å². The molecule has 0 fully saturated rings. The van der Waals surface area contributed by atoms with Crippen molar-refractivity contribution in [1.82, 2.24) is 10.5 Å². The van der Waals surface area contributed by atoms with Gasteiger partial charge in [0.15, 0.2) is 0 Å². The zero-order chi connectivity index (χ0) is 13.0. The number of aryl methyl sites for hydroxylation is 1. The number of nitrogens with one attached hydrogen (secondary N) is 1. The Morgan fingerprint density at radius 3 is 2.59 bits per heavy atom.